The maximum absolute atomic E-state index is 14.0. The van der Waals surface area contributed by atoms with Gasteiger partial charge in [0.15, 0.2) is 5.11 Å². The van der Waals surface area contributed by atoms with Crippen LogP contribution in [0.3, 0.4) is 0 Å². The van der Waals surface area contributed by atoms with Gasteiger partial charge in [-0.1, -0.05) is 37.5 Å². The molecule has 1 aliphatic carbocycles. The summed E-state index contributed by atoms with van der Waals surface area (Å²) < 4.78 is 14.0. The van der Waals surface area contributed by atoms with Crippen molar-refractivity contribution >= 4 is 34.4 Å². The molecule has 5 heteroatoms. The van der Waals surface area contributed by atoms with E-state index < -0.39 is 0 Å². The maximum atomic E-state index is 14.0. The maximum Gasteiger partial charge on any atom is 0.174 e. The molecule has 1 N–H and O–H groups in total. The number of thiocarbonyl (C=S) groups is 1. The quantitative estimate of drug-likeness (QED) is 0.674. The summed E-state index contributed by atoms with van der Waals surface area (Å²) in [6, 6.07) is 11.5. The highest BCUT2D eigenvalue weighted by Crippen LogP contribution is 2.33. The first-order valence-corrected chi connectivity index (χ1v) is 9.83. The van der Waals surface area contributed by atoms with Crippen molar-refractivity contribution in [2.75, 3.05) is 5.32 Å². The van der Waals surface area contributed by atoms with Crippen LogP contribution in [0.4, 0.5) is 10.1 Å². The lowest BCUT2D eigenvalue weighted by atomic mass is 9.93. The fourth-order valence-corrected chi connectivity index (χ4v) is 4.62. The highest BCUT2D eigenvalue weighted by Gasteiger charge is 2.29. The van der Waals surface area contributed by atoms with Crippen molar-refractivity contribution in [3.8, 4) is 0 Å². The lowest BCUT2D eigenvalue weighted by molar-refractivity contribution is 0.205. The van der Waals surface area contributed by atoms with Crippen molar-refractivity contribution in [1.82, 2.24) is 4.90 Å². The number of thiophene rings is 1. The molecule has 0 spiro atoms. The van der Waals surface area contributed by atoms with Gasteiger partial charge in [0.05, 0.1) is 11.7 Å². The fourth-order valence-electron chi connectivity index (χ4n) is 3.43. The molecule has 2 nitrogen and oxygen atoms in total. The van der Waals surface area contributed by atoms with E-state index in [1.54, 1.807) is 23.5 Å². The zero-order valence-electron chi connectivity index (χ0n) is 13.9. The van der Waals surface area contributed by atoms with E-state index in [1.165, 1.54) is 30.2 Å². The van der Waals surface area contributed by atoms with Crippen molar-refractivity contribution in [3.05, 3.63) is 52.5 Å². The van der Waals surface area contributed by atoms with Crippen molar-refractivity contribution in [2.45, 2.75) is 51.1 Å². The smallest absolute Gasteiger partial charge is 0.174 e. The Morgan fingerprint density at radius 1 is 1.21 bits per heavy atom. The lowest BCUT2D eigenvalue weighted by Crippen LogP contribution is -2.45. The second kappa shape index (κ2) is 8.08. The molecule has 24 heavy (non-hydrogen) atoms. The Balaban J connectivity index is 1.83. The minimum Gasteiger partial charge on any atom is -0.338 e. The van der Waals surface area contributed by atoms with Gasteiger partial charge in [-0.15, -0.1) is 11.3 Å². The van der Waals surface area contributed by atoms with Gasteiger partial charge >= 0.3 is 0 Å². The monoisotopic (exact) mass is 362 g/mol. The number of halogens is 1. The summed E-state index contributed by atoms with van der Waals surface area (Å²) in [4.78, 5) is 3.57. The summed E-state index contributed by atoms with van der Waals surface area (Å²) in [5.41, 5.74) is 0.446. The molecule has 0 aliphatic heterocycles. The van der Waals surface area contributed by atoms with Crippen LogP contribution in [0.1, 0.15) is 49.9 Å². The van der Waals surface area contributed by atoms with Gasteiger partial charge in [-0.05, 0) is 55.6 Å². The number of anilines is 1. The Kier molecular flexibility index (Phi) is 5.85. The molecule has 3 rings (SSSR count). The van der Waals surface area contributed by atoms with E-state index in [4.69, 9.17) is 12.2 Å². The SMILES string of the molecule is C[C@H](c1cccs1)N(C(=S)Nc1ccccc1F)C1CCCCC1. The molecule has 2 aromatic rings. The fraction of sp³-hybridized carbons (Fsp3) is 0.421. The predicted molar refractivity (Wildman–Crippen MR) is 104 cm³/mol. The Labute approximate surface area is 152 Å². The third-order valence-electron chi connectivity index (χ3n) is 4.69. The number of hydrogen-bond donors (Lipinski definition) is 1. The highest BCUT2D eigenvalue weighted by molar-refractivity contribution is 7.80. The standard InChI is InChI=1S/C19H23FN2S2/c1-14(18-12-7-13-24-18)22(15-8-3-2-4-9-15)19(23)21-17-11-6-5-10-16(17)20/h5-7,10-15H,2-4,8-9H2,1H3,(H,21,23)/t14-/m1/s1. The van der Waals surface area contributed by atoms with Crippen LogP contribution in [-0.2, 0) is 0 Å². The summed E-state index contributed by atoms with van der Waals surface area (Å²) in [5, 5.41) is 5.85. The Morgan fingerprint density at radius 2 is 1.96 bits per heavy atom. The number of rotatable bonds is 4. The molecule has 0 bridgehead atoms. The van der Waals surface area contributed by atoms with Crippen LogP contribution in [0.5, 0.6) is 0 Å². The summed E-state index contributed by atoms with van der Waals surface area (Å²) in [6.45, 7) is 2.19. The zero-order chi connectivity index (χ0) is 16.9. The van der Waals surface area contributed by atoms with Crippen LogP contribution in [0.2, 0.25) is 0 Å². The van der Waals surface area contributed by atoms with Crippen LogP contribution in [-0.4, -0.2) is 16.1 Å². The van der Waals surface area contributed by atoms with Crippen LogP contribution in [0.25, 0.3) is 0 Å². The van der Waals surface area contributed by atoms with Crippen LogP contribution in [0.15, 0.2) is 41.8 Å². The number of nitrogens with one attached hydrogen (secondary N) is 1. The van der Waals surface area contributed by atoms with Crippen LogP contribution < -0.4 is 5.32 Å². The lowest BCUT2D eigenvalue weighted by Gasteiger charge is -2.40. The summed E-state index contributed by atoms with van der Waals surface area (Å²) >= 11 is 7.45. The van der Waals surface area contributed by atoms with Crippen LogP contribution >= 0.6 is 23.6 Å². The Morgan fingerprint density at radius 3 is 2.62 bits per heavy atom. The van der Waals surface area contributed by atoms with E-state index in [0.717, 1.165) is 12.8 Å². The normalized spacial score (nSPS) is 16.6. The van der Waals surface area contributed by atoms with Gasteiger partial charge in [0.2, 0.25) is 0 Å². The minimum absolute atomic E-state index is 0.194. The van der Waals surface area contributed by atoms with Crippen molar-refractivity contribution in [1.29, 1.82) is 0 Å². The van der Waals surface area contributed by atoms with Gasteiger partial charge in [-0.3, -0.25) is 0 Å². The molecule has 1 aromatic heterocycles. The summed E-state index contributed by atoms with van der Waals surface area (Å²) in [6.07, 6.45) is 6.07. The molecule has 1 aliphatic rings. The van der Waals surface area contributed by atoms with Crippen molar-refractivity contribution < 1.29 is 4.39 Å². The molecular weight excluding hydrogens is 339 g/mol. The molecular formula is C19H23FN2S2. The zero-order valence-corrected chi connectivity index (χ0v) is 15.5. The number of hydrogen-bond acceptors (Lipinski definition) is 2. The van der Waals surface area contributed by atoms with Crippen LogP contribution in [0, 0.1) is 5.82 Å². The first-order valence-electron chi connectivity index (χ1n) is 8.54. The third kappa shape index (κ3) is 3.95. The van der Waals surface area contributed by atoms with Gasteiger partial charge in [0.1, 0.15) is 5.82 Å². The van der Waals surface area contributed by atoms with E-state index >= 15 is 0 Å². The number of para-hydroxylation sites is 1. The number of benzene rings is 1. The molecule has 0 amide bonds. The molecule has 128 valence electrons. The Bertz CT molecular complexity index is 666. The third-order valence-corrected chi connectivity index (χ3v) is 6.05. The van der Waals surface area contributed by atoms with E-state index in [0.29, 0.717) is 16.8 Å². The van der Waals surface area contributed by atoms with E-state index in [9.17, 15) is 4.39 Å². The average molecular weight is 363 g/mol. The van der Waals surface area contributed by atoms with Gasteiger partial charge in [0.25, 0.3) is 0 Å². The second-order valence-electron chi connectivity index (χ2n) is 6.30. The van der Waals surface area contributed by atoms with Gasteiger partial charge in [0, 0.05) is 10.9 Å². The molecule has 0 radical (unpaired) electrons. The van der Waals surface area contributed by atoms with Crippen molar-refractivity contribution in [3.63, 3.8) is 0 Å². The highest BCUT2D eigenvalue weighted by atomic mass is 32.1. The summed E-state index contributed by atoms with van der Waals surface area (Å²) in [5.74, 6) is -0.271. The average Bonchev–Trinajstić information content (AvgIpc) is 3.13. The Hall–Kier alpha value is -1.46. The van der Waals surface area contributed by atoms with Crippen molar-refractivity contribution in [2.24, 2.45) is 0 Å². The first kappa shape index (κ1) is 17.4. The predicted octanol–water partition coefficient (Wildman–Crippen LogP) is 5.98. The molecule has 0 saturated heterocycles. The molecule has 1 heterocycles. The van der Waals surface area contributed by atoms with E-state index in [-0.39, 0.29) is 11.9 Å². The topological polar surface area (TPSA) is 15.3 Å². The first-order chi connectivity index (χ1) is 11.7. The molecule has 0 unspecified atom stereocenters. The molecule has 1 atom stereocenters. The molecule has 1 aromatic carbocycles. The van der Waals surface area contributed by atoms with Gasteiger partial charge in [-0.25, -0.2) is 4.39 Å². The second-order valence-corrected chi connectivity index (χ2v) is 7.67. The molecule has 1 saturated carbocycles. The number of nitrogens with zero attached hydrogens (tertiary/aromatic N) is 1. The minimum atomic E-state index is -0.271. The van der Waals surface area contributed by atoms with Gasteiger partial charge < -0.3 is 10.2 Å². The largest absolute Gasteiger partial charge is 0.338 e. The van der Waals surface area contributed by atoms with Gasteiger partial charge in [-0.2, -0.15) is 0 Å². The van der Waals surface area contributed by atoms with E-state index in [2.05, 4.69) is 34.7 Å². The summed E-state index contributed by atoms with van der Waals surface area (Å²) in [7, 11) is 0. The molecule has 1 fully saturated rings. The van der Waals surface area contributed by atoms with E-state index in [1.807, 2.05) is 6.07 Å².